The Morgan fingerprint density at radius 1 is 1.20 bits per heavy atom. The number of anilines is 1. The maximum Gasteiger partial charge on any atom is 0.257 e. The van der Waals surface area contributed by atoms with Crippen LogP contribution in [0.4, 0.5) is 5.69 Å². The number of carbonyl (C=O) groups excluding carboxylic acids is 1. The van der Waals surface area contributed by atoms with Crippen molar-refractivity contribution >= 4 is 32.5 Å². The lowest BCUT2D eigenvalue weighted by molar-refractivity contribution is 0.102. The summed E-state index contributed by atoms with van der Waals surface area (Å²) < 4.78 is 25.0. The molecule has 0 bridgehead atoms. The minimum atomic E-state index is -3.33. The van der Waals surface area contributed by atoms with Crippen LogP contribution in [0, 0.1) is 0 Å². The number of pyridine rings is 1. The molecule has 3 aromatic rings. The molecular formula is C17H18N4O3S. The van der Waals surface area contributed by atoms with Crippen molar-refractivity contribution in [1.82, 2.24) is 14.8 Å². The van der Waals surface area contributed by atoms with E-state index in [0.29, 0.717) is 16.9 Å². The van der Waals surface area contributed by atoms with Gasteiger partial charge >= 0.3 is 0 Å². The van der Waals surface area contributed by atoms with Gasteiger partial charge in [0.2, 0.25) is 0 Å². The van der Waals surface area contributed by atoms with Crippen LogP contribution in [0.2, 0.25) is 0 Å². The SMILES string of the molecule is CC(C)n1ncc2cc(C(=O)Nc3cccc(S(C)(=O)=O)c3)cnc21. The van der Waals surface area contributed by atoms with Crippen molar-refractivity contribution in [2.24, 2.45) is 0 Å². The van der Waals surface area contributed by atoms with Gasteiger partial charge in [0.05, 0.1) is 16.7 Å². The number of hydrogen-bond donors (Lipinski definition) is 1. The summed E-state index contributed by atoms with van der Waals surface area (Å²) in [5.41, 5.74) is 1.50. The van der Waals surface area contributed by atoms with Crippen molar-refractivity contribution in [3.05, 3.63) is 48.3 Å². The van der Waals surface area contributed by atoms with Crippen LogP contribution in [-0.4, -0.2) is 35.3 Å². The predicted molar refractivity (Wildman–Crippen MR) is 95.4 cm³/mol. The second kappa shape index (κ2) is 6.29. The van der Waals surface area contributed by atoms with Crippen LogP contribution in [0.1, 0.15) is 30.2 Å². The van der Waals surface area contributed by atoms with E-state index in [2.05, 4.69) is 15.4 Å². The molecule has 0 fully saturated rings. The molecule has 0 saturated carbocycles. The third-order valence-corrected chi connectivity index (χ3v) is 4.81. The molecule has 0 aliphatic carbocycles. The molecule has 1 N–H and O–H groups in total. The highest BCUT2D eigenvalue weighted by Gasteiger charge is 2.13. The van der Waals surface area contributed by atoms with E-state index in [-0.39, 0.29) is 16.8 Å². The molecule has 0 unspecified atom stereocenters. The topological polar surface area (TPSA) is 94.0 Å². The smallest absolute Gasteiger partial charge is 0.257 e. The molecule has 130 valence electrons. The predicted octanol–water partition coefficient (Wildman–Crippen LogP) is 2.67. The molecule has 0 aliphatic rings. The number of fused-ring (bicyclic) bond motifs is 1. The first-order valence-electron chi connectivity index (χ1n) is 7.70. The average Bonchev–Trinajstić information content (AvgIpc) is 2.97. The number of hydrogen-bond acceptors (Lipinski definition) is 5. The zero-order valence-corrected chi connectivity index (χ0v) is 14.9. The van der Waals surface area contributed by atoms with Gasteiger partial charge in [0.25, 0.3) is 5.91 Å². The minimum Gasteiger partial charge on any atom is -0.322 e. The molecule has 2 aromatic heterocycles. The van der Waals surface area contributed by atoms with Gasteiger partial charge in [-0.25, -0.2) is 18.1 Å². The number of amides is 1. The maximum atomic E-state index is 12.4. The third-order valence-electron chi connectivity index (χ3n) is 3.70. The summed E-state index contributed by atoms with van der Waals surface area (Å²) in [5, 5.41) is 7.74. The van der Waals surface area contributed by atoms with Gasteiger partial charge in [-0.3, -0.25) is 4.79 Å². The van der Waals surface area contributed by atoms with Crippen molar-refractivity contribution in [3.8, 4) is 0 Å². The number of aromatic nitrogens is 3. The standard InChI is InChI=1S/C17H18N4O3S/c1-11(2)21-16-12(10-19-21)7-13(9-18-16)17(22)20-14-5-4-6-15(8-14)25(3,23)24/h4-11H,1-3H3,(H,20,22). The van der Waals surface area contributed by atoms with Gasteiger partial charge in [0.1, 0.15) is 0 Å². The quantitative estimate of drug-likeness (QED) is 0.774. The van der Waals surface area contributed by atoms with Gasteiger partial charge in [0, 0.05) is 29.6 Å². The Morgan fingerprint density at radius 2 is 1.96 bits per heavy atom. The highest BCUT2D eigenvalue weighted by Crippen LogP contribution is 2.19. The Bertz CT molecular complexity index is 1050. The molecule has 2 heterocycles. The number of benzene rings is 1. The Morgan fingerprint density at radius 3 is 2.64 bits per heavy atom. The van der Waals surface area contributed by atoms with Gasteiger partial charge in [-0.1, -0.05) is 6.07 Å². The highest BCUT2D eigenvalue weighted by atomic mass is 32.2. The van der Waals surface area contributed by atoms with Crippen molar-refractivity contribution in [2.75, 3.05) is 11.6 Å². The molecular weight excluding hydrogens is 340 g/mol. The fourth-order valence-corrected chi connectivity index (χ4v) is 3.12. The first-order chi connectivity index (χ1) is 11.8. The maximum absolute atomic E-state index is 12.4. The van der Waals surface area contributed by atoms with Crippen LogP contribution in [0.15, 0.2) is 47.6 Å². The Balaban J connectivity index is 1.88. The number of nitrogens with one attached hydrogen (secondary N) is 1. The number of rotatable bonds is 4. The number of nitrogens with zero attached hydrogens (tertiary/aromatic N) is 3. The van der Waals surface area contributed by atoms with Crippen LogP contribution in [0.25, 0.3) is 11.0 Å². The van der Waals surface area contributed by atoms with Gasteiger partial charge < -0.3 is 5.32 Å². The molecule has 7 nitrogen and oxygen atoms in total. The molecule has 1 aromatic carbocycles. The average molecular weight is 358 g/mol. The van der Waals surface area contributed by atoms with Crippen molar-refractivity contribution in [2.45, 2.75) is 24.8 Å². The highest BCUT2D eigenvalue weighted by molar-refractivity contribution is 7.90. The van der Waals surface area contributed by atoms with Crippen molar-refractivity contribution in [3.63, 3.8) is 0 Å². The Labute approximate surface area is 145 Å². The molecule has 0 atom stereocenters. The van der Waals surface area contributed by atoms with Crippen LogP contribution in [0.3, 0.4) is 0 Å². The van der Waals surface area contributed by atoms with Crippen molar-refractivity contribution < 1.29 is 13.2 Å². The largest absolute Gasteiger partial charge is 0.322 e. The summed E-state index contributed by atoms with van der Waals surface area (Å²) in [6.45, 7) is 4.01. The second-order valence-electron chi connectivity index (χ2n) is 6.07. The van der Waals surface area contributed by atoms with E-state index in [0.717, 1.165) is 11.6 Å². The summed E-state index contributed by atoms with van der Waals surface area (Å²) in [4.78, 5) is 16.9. The van der Waals surface area contributed by atoms with Crippen LogP contribution < -0.4 is 5.32 Å². The van der Waals surface area contributed by atoms with Gasteiger partial charge in [-0.15, -0.1) is 0 Å². The van der Waals surface area contributed by atoms with E-state index in [1.54, 1.807) is 29.1 Å². The first-order valence-corrected chi connectivity index (χ1v) is 9.59. The zero-order chi connectivity index (χ0) is 18.2. The van der Waals surface area contributed by atoms with Gasteiger partial charge in [-0.2, -0.15) is 5.10 Å². The summed E-state index contributed by atoms with van der Waals surface area (Å²) in [6.07, 6.45) is 4.28. The molecule has 0 aliphatic heterocycles. The lowest BCUT2D eigenvalue weighted by atomic mass is 10.2. The molecule has 3 rings (SSSR count). The molecule has 8 heteroatoms. The van der Waals surface area contributed by atoms with E-state index >= 15 is 0 Å². The second-order valence-corrected chi connectivity index (χ2v) is 8.09. The lowest BCUT2D eigenvalue weighted by Gasteiger charge is -2.08. The van der Waals surface area contributed by atoms with Gasteiger partial charge in [-0.05, 0) is 38.1 Å². The molecule has 0 spiro atoms. The van der Waals surface area contributed by atoms with Crippen LogP contribution in [-0.2, 0) is 9.84 Å². The van der Waals surface area contributed by atoms with E-state index in [9.17, 15) is 13.2 Å². The van der Waals surface area contributed by atoms with E-state index < -0.39 is 9.84 Å². The normalized spacial score (nSPS) is 11.8. The summed E-state index contributed by atoms with van der Waals surface area (Å²) in [5.74, 6) is -0.364. The first kappa shape index (κ1) is 17.1. The molecule has 1 amide bonds. The number of sulfone groups is 1. The number of carbonyl (C=O) groups is 1. The Hall–Kier alpha value is -2.74. The van der Waals surface area contributed by atoms with E-state index in [1.165, 1.54) is 18.3 Å². The van der Waals surface area contributed by atoms with Crippen molar-refractivity contribution in [1.29, 1.82) is 0 Å². The summed E-state index contributed by atoms with van der Waals surface area (Å²) in [6, 6.07) is 8.01. The van der Waals surface area contributed by atoms with Crippen LogP contribution >= 0.6 is 0 Å². The molecule has 0 radical (unpaired) electrons. The Kier molecular flexibility index (Phi) is 4.30. The molecule has 0 saturated heterocycles. The van der Waals surface area contributed by atoms with Gasteiger partial charge in [0.15, 0.2) is 15.5 Å². The summed E-state index contributed by atoms with van der Waals surface area (Å²) in [7, 11) is -3.33. The third kappa shape index (κ3) is 3.53. The monoisotopic (exact) mass is 358 g/mol. The van der Waals surface area contributed by atoms with E-state index in [4.69, 9.17) is 0 Å². The fraction of sp³-hybridized carbons (Fsp3) is 0.235. The fourth-order valence-electron chi connectivity index (χ4n) is 2.45. The molecule has 25 heavy (non-hydrogen) atoms. The lowest BCUT2D eigenvalue weighted by Crippen LogP contribution is -2.13. The summed E-state index contributed by atoms with van der Waals surface area (Å²) >= 11 is 0. The van der Waals surface area contributed by atoms with Crippen LogP contribution in [0.5, 0.6) is 0 Å². The zero-order valence-electron chi connectivity index (χ0n) is 14.1. The minimum absolute atomic E-state index is 0.150. The van der Waals surface area contributed by atoms with E-state index in [1.807, 2.05) is 13.8 Å².